The zero-order chi connectivity index (χ0) is 14.3. The molecule has 2 fully saturated rings. The number of aliphatic carboxylic acids is 1. The highest BCUT2D eigenvalue weighted by atomic mass is 16.4. The van der Waals surface area contributed by atoms with Gasteiger partial charge in [-0.15, -0.1) is 0 Å². The average molecular weight is 278 g/mol. The number of amides is 2. The molecule has 1 aliphatic heterocycles. The predicted molar refractivity (Wildman–Crippen MR) is 69.5 cm³/mol. The number of carbonyl (C=O) groups is 3. The molecular formula is C14H18N2O4. The van der Waals surface area contributed by atoms with Crippen molar-refractivity contribution in [2.45, 2.75) is 25.3 Å². The molecule has 2 aliphatic carbocycles. The summed E-state index contributed by atoms with van der Waals surface area (Å²) in [6, 6.07) is -0.520. The Hall–Kier alpha value is -1.85. The van der Waals surface area contributed by atoms with Crippen molar-refractivity contribution in [3.05, 3.63) is 12.2 Å². The molecule has 6 nitrogen and oxygen atoms in total. The molecule has 2 bridgehead atoms. The average Bonchev–Trinajstić information content (AvgIpc) is 3.01. The minimum Gasteiger partial charge on any atom is -0.481 e. The Kier molecular flexibility index (Phi) is 3.23. The topological polar surface area (TPSA) is 95.5 Å². The molecule has 5 atom stereocenters. The molecule has 6 heteroatoms. The summed E-state index contributed by atoms with van der Waals surface area (Å²) in [5.41, 5.74) is 0. The van der Waals surface area contributed by atoms with Gasteiger partial charge < -0.3 is 15.7 Å². The molecule has 0 spiro atoms. The van der Waals surface area contributed by atoms with Gasteiger partial charge >= 0.3 is 5.97 Å². The van der Waals surface area contributed by atoms with E-state index in [1.807, 2.05) is 12.2 Å². The fraction of sp³-hybridized carbons (Fsp3) is 0.643. The quantitative estimate of drug-likeness (QED) is 0.628. The van der Waals surface area contributed by atoms with Crippen LogP contribution in [0.5, 0.6) is 0 Å². The number of piperidine rings is 1. The van der Waals surface area contributed by atoms with E-state index in [0.29, 0.717) is 13.0 Å². The fourth-order valence-electron chi connectivity index (χ4n) is 3.69. The van der Waals surface area contributed by atoms with Crippen molar-refractivity contribution in [1.29, 1.82) is 0 Å². The first-order chi connectivity index (χ1) is 9.58. The molecule has 108 valence electrons. The highest BCUT2D eigenvalue weighted by molar-refractivity contribution is 5.91. The summed E-state index contributed by atoms with van der Waals surface area (Å²) < 4.78 is 0. The van der Waals surface area contributed by atoms with Crippen molar-refractivity contribution in [2.75, 3.05) is 6.54 Å². The Morgan fingerprint density at radius 1 is 1.25 bits per heavy atom. The Morgan fingerprint density at radius 3 is 2.60 bits per heavy atom. The minimum atomic E-state index is -0.921. The Bertz CT molecular complexity index is 488. The molecule has 3 unspecified atom stereocenters. The molecule has 3 aliphatic rings. The molecule has 0 aromatic heterocycles. The van der Waals surface area contributed by atoms with Crippen LogP contribution < -0.4 is 10.6 Å². The van der Waals surface area contributed by atoms with Crippen LogP contribution in [-0.2, 0) is 14.4 Å². The standard InChI is InChI=1S/C14H18N2O4/c17-12-9(2-1-5-15-12)16-13(18)10-7-3-4-8(6-7)11(10)14(19)20/h3-4,7-11H,1-2,5-6H2,(H,15,17)(H,16,18)(H,19,20)/t7?,8?,9?,10-,11+/m0/s1. The zero-order valence-corrected chi connectivity index (χ0v) is 11.0. The van der Waals surface area contributed by atoms with Crippen LogP contribution >= 0.6 is 0 Å². The van der Waals surface area contributed by atoms with Crippen molar-refractivity contribution in [2.24, 2.45) is 23.7 Å². The number of nitrogens with one attached hydrogen (secondary N) is 2. The maximum absolute atomic E-state index is 12.4. The molecule has 3 N–H and O–H groups in total. The smallest absolute Gasteiger partial charge is 0.307 e. The predicted octanol–water partition coefficient (Wildman–Crippen LogP) is -0.0959. The van der Waals surface area contributed by atoms with Gasteiger partial charge in [0.1, 0.15) is 6.04 Å². The number of fused-ring (bicyclic) bond motifs is 2. The van der Waals surface area contributed by atoms with E-state index in [0.717, 1.165) is 12.8 Å². The Labute approximate surface area is 116 Å². The molecule has 1 saturated heterocycles. The monoisotopic (exact) mass is 278 g/mol. The van der Waals surface area contributed by atoms with E-state index in [1.165, 1.54) is 0 Å². The van der Waals surface area contributed by atoms with Crippen LogP contribution in [0.25, 0.3) is 0 Å². The molecule has 0 aromatic rings. The third kappa shape index (κ3) is 2.09. The molecule has 20 heavy (non-hydrogen) atoms. The van der Waals surface area contributed by atoms with Crippen molar-refractivity contribution in [1.82, 2.24) is 10.6 Å². The first kappa shape index (κ1) is 13.1. The van der Waals surface area contributed by atoms with Crippen molar-refractivity contribution in [3.8, 4) is 0 Å². The van der Waals surface area contributed by atoms with E-state index in [9.17, 15) is 19.5 Å². The summed E-state index contributed by atoms with van der Waals surface area (Å²) in [5.74, 6) is -2.64. The van der Waals surface area contributed by atoms with Gasteiger partial charge in [-0.1, -0.05) is 12.2 Å². The maximum Gasteiger partial charge on any atom is 0.307 e. The zero-order valence-electron chi connectivity index (χ0n) is 11.0. The maximum atomic E-state index is 12.4. The lowest BCUT2D eigenvalue weighted by atomic mass is 9.82. The second-order valence-electron chi connectivity index (χ2n) is 5.83. The second-order valence-corrected chi connectivity index (χ2v) is 5.83. The highest BCUT2D eigenvalue weighted by Gasteiger charge is 2.52. The van der Waals surface area contributed by atoms with E-state index in [4.69, 9.17) is 0 Å². The van der Waals surface area contributed by atoms with Crippen LogP contribution in [0.4, 0.5) is 0 Å². The van der Waals surface area contributed by atoms with Gasteiger partial charge in [0.15, 0.2) is 0 Å². The third-order valence-electron chi connectivity index (χ3n) is 4.65. The number of rotatable bonds is 3. The number of allylic oxidation sites excluding steroid dienone is 2. The molecule has 1 saturated carbocycles. The fourth-order valence-corrected chi connectivity index (χ4v) is 3.69. The summed E-state index contributed by atoms with van der Waals surface area (Å²) >= 11 is 0. The summed E-state index contributed by atoms with van der Waals surface area (Å²) in [4.78, 5) is 35.4. The lowest BCUT2D eigenvalue weighted by molar-refractivity contribution is -0.148. The van der Waals surface area contributed by atoms with Gasteiger partial charge in [-0.2, -0.15) is 0 Å². The van der Waals surface area contributed by atoms with Crippen LogP contribution in [0, 0.1) is 23.7 Å². The van der Waals surface area contributed by atoms with Gasteiger partial charge in [0.25, 0.3) is 0 Å². The molecule has 1 heterocycles. The lowest BCUT2D eigenvalue weighted by Gasteiger charge is -2.28. The highest BCUT2D eigenvalue weighted by Crippen LogP contribution is 2.48. The van der Waals surface area contributed by atoms with Gasteiger partial charge in [-0.3, -0.25) is 14.4 Å². The molecule has 3 rings (SSSR count). The number of hydrogen-bond acceptors (Lipinski definition) is 3. The lowest BCUT2D eigenvalue weighted by Crippen LogP contribution is -2.53. The van der Waals surface area contributed by atoms with Gasteiger partial charge in [0, 0.05) is 6.54 Å². The second kappa shape index (κ2) is 4.92. The van der Waals surface area contributed by atoms with Crippen LogP contribution in [0.2, 0.25) is 0 Å². The third-order valence-corrected chi connectivity index (χ3v) is 4.65. The van der Waals surface area contributed by atoms with Gasteiger partial charge in [-0.25, -0.2) is 0 Å². The van der Waals surface area contributed by atoms with Crippen molar-refractivity contribution in [3.63, 3.8) is 0 Å². The van der Waals surface area contributed by atoms with Crippen LogP contribution in [0.3, 0.4) is 0 Å². The summed E-state index contributed by atoms with van der Waals surface area (Å²) in [6.45, 7) is 0.639. The van der Waals surface area contributed by atoms with E-state index >= 15 is 0 Å². The summed E-state index contributed by atoms with van der Waals surface area (Å²) in [6.07, 6.45) is 6.02. The van der Waals surface area contributed by atoms with E-state index < -0.39 is 23.8 Å². The molecule has 0 radical (unpaired) electrons. The van der Waals surface area contributed by atoms with E-state index in [1.54, 1.807) is 0 Å². The summed E-state index contributed by atoms with van der Waals surface area (Å²) in [7, 11) is 0. The van der Waals surface area contributed by atoms with Crippen LogP contribution in [0.1, 0.15) is 19.3 Å². The number of carboxylic acid groups (broad SMARTS) is 1. The van der Waals surface area contributed by atoms with Gasteiger partial charge in [-0.05, 0) is 31.1 Å². The van der Waals surface area contributed by atoms with E-state index in [-0.39, 0.29) is 23.7 Å². The SMILES string of the molecule is O=C1NCCCC1NC(=O)[C@H]1C2C=CC(C2)[C@H]1C(=O)O. The van der Waals surface area contributed by atoms with Crippen LogP contribution in [-0.4, -0.2) is 35.5 Å². The van der Waals surface area contributed by atoms with E-state index in [2.05, 4.69) is 10.6 Å². The Balaban J connectivity index is 1.71. The van der Waals surface area contributed by atoms with Crippen LogP contribution in [0.15, 0.2) is 12.2 Å². The van der Waals surface area contributed by atoms with Crippen molar-refractivity contribution < 1.29 is 19.5 Å². The minimum absolute atomic E-state index is 0.00671. The van der Waals surface area contributed by atoms with Gasteiger partial charge in [0.05, 0.1) is 11.8 Å². The van der Waals surface area contributed by atoms with Gasteiger partial charge in [0.2, 0.25) is 11.8 Å². The first-order valence-corrected chi connectivity index (χ1v) is 7.07. The molecule has 0 aromatic carbocycles. The van der Waals surface area contributed by atoms with Crippen molar-refractivity contribution >= 4 is 17.8 Å². The summed E-state index contributed by atoms with van der Waals surface area (Å²) in [5, 5.41) is 14.8. The molecule has 2 amide bonds. The normalized spacial score (nSPS) is 38.6. The largest absolute Gasteiger partial charge is 0.481 e. The Morgan fingerprint density at radius 2 is 1.95 bits per heavy atom. The first-order valence-electron chi connectivity index (χ1n) is 7.07. The number of hydrogen-bond donors (Lipinski definition) is 3. The molecular weight excluding hydrogens is 260 g/mol. The number of carbonyl (C=O) groups excluding carboxylic acids is 2. The number of carboxylic acids is 1.